The molecule has 1 aromatic carbocycles. The molecule has 0 atom stereocenters. The molecule has 110 valence electrons. The maximum absolute atomic E-state index is 11.9. The Morgan fingerprint density at radius 2 is 1.95 bits per heavy atom. The first-order chi connectivity index (χ1) is 10.7. The molecule has 6 nitrogen and oxygen atoms in total. The molecule has 0 spiro atoms. The number of pyridine rings is 1. The van der Waals surface area contributed by atoms with Gasteiger partial charge in [0.25, 0.3) is 5.91 Å². The van der Waals surface area contributed by atoms with Crippen LogP contribution < -0.4 is 5.32 Å². The number of nitrogens with one attached hydrogen (secondary N) is 1. The van der Waals surface area contributed by atoms with Gasteiger partial charge in [-0.2, -0.15) is 0 Å². The van der Waals surface area contributed by atoms with Gasteiger partial charge in [0.2, 0.25) is 11.8 Å². The van der Waals surface area contributed by atoms with Crippen molar-refractivity contribution in [3.05, 3.63) is 65.8 Å². The summed E-state index contributed by atoms with van der Waals surface area (Å²) in [4.78, 5) is 16.1. The quantitative estimate of drug-likeness (QED) is 0.799. The summed E-state index contributed by atoms with van der Waals surface area (Å²) < 4.78 is 5.52. The highest BCUT2D eigenvalue weighted by molar-refractivity contribution is 5.93. The highest BCUT2D eigenvalue weighted by Gasteiger charge is 2.10. The largest absolute Gasteiger partial charge is 0.419 e. The second-order valence-electron chi connectivity index (χ2n) is 4.74. The van der Waals surface area contributed by atoms with Gasteiger partial charge in [0.15, 0.2) is 0 Å². The Labute approximate surface area is 127 Å². The fourth-order valence-corrected chi connectivity index (χ4v) is 1.88. The molecule has 0 saturated heterocycles. The van der Waals surface area contributed by atoms with E-state index in [0.29, 0.717) is 17.3 Å². The minimum Gasteiger partial charge on any atom is -0.419 e. The van der Waals surface area contributed by atoms with Crippen LogP contribution in [0, 0.1) is 6.92 Å². The van der Waals surface area contributed by atoms with Gasteiger partial charge < -0.3 is 9.73 Å². The first kappa shape index (κ1) is 13.9. The number of aromatic nitrogens is 3. The summed E-state index contributed by atoms with van der Waals surface area (Å²) in [6.07, 6.45) is 1.68. The minimum absolute atomic E-state index is 0.181. The Morgan fingerprint density at radius 3 is 2.68 bits per heavy atom. The van der Waals surface area contributed by atoms with Crippen LogP contribution in [0.4, 0.5) is 0 Å². The van der Waals surface area contributed by atoms with Crippen LogP contribution >= 0.6 is 0 Å². The molecule has 6 heteroatoms. The van der Waals surface area contributed by atoms with Crippen molar-refractivity contribution in [2.75, 3.05) is 0 Å². The summed E-state index contributed by atoms with van der Waals surface area (Å²) in [5.74, 6) is 0.550. The Bertz CT molecular complexity index is 766. The predicted molar refractivity (Wildman–Crippen MR) is 79.9 cm³/mol. The van der Waals surface area contributed by atoms with Crippen LogP contribution in [0.1, 0.15) is 21.9 Å². The molecule has 0 fully saturated rings. The average molecular weight is 294 g/mol. The summed E-state index contributed by atoms with van der Waals surface area (Å²) in [7, 11) is 0. The lowest BCUT2D eigenvalue weighted by atomic mass is 10.2. The second kappa shape index (κ2) is 6.17. The molecule has 22 heavy (non-hydrogen) atoms. The lowest BCUT2D eigenvalue weighted by Gasteiger charge is -2.01. The Kier molecular flexibility index (Phi) is 3.91. The molecule has 0 bridgehead atoms. The molecule has 2 heterocycles. The molecule has 1 N–H and O–H groups in total. The van der Waals surface area contributed by atoms with E-state index in [4.69, 9.17) is 4.42 Å². The number of hydrogen-bond donors (Lipinski definition) is 1. The van der Waals surface area contributed by atoms with Crippen LogP contribution in [-0.4, -0.2) is 21.1 Å². The first-order valence-electron chi connectivity index (χ1n) is 6.81. The number of rotatable bonds is 4. The van der Waals surface area contributed by atoms with Gasteiger partial charge in [-0.25, -0.2) is 0 Å². The number of benzene rings is 1. The van der Waals surface area contributed by atoms with Crippen molar-refractivity contribution in [1.29, 1.82) is 0 Å². The van der Waals surface area contributed by atoms with E-state index in [2.05, 4.69) is 20.5 Å². The Morgan fingerprint density at radius 1 is 1.14 bits per heavy atom. The van der Waals surface area contributed by atoms with Gasteiger partial charge >= 0.3 is 0 Å². The standard InChI is InChI=1S/C16H14N4O2/c1-11-7-8-13(9-17-11)16-20-19-14(22-16)10-18-15(21)12-5-3-2-4-6-12/h2-9H,10H2,1H3,(H,18,21). The Hall–Kier alpha value is -3.02. The number of aryl methyl sites for hydroxylation is 1. The van der Waals surface area contributed by atoms with Crippen molar-refractivity contribution in [1.82, 2.24) is 20.5 Å². The van der Waals surface area contributed by atoms with E-state index in [-0.39, 0.29) is 12.5 Å². The van der Waals surface area contributed by atoms with Gasteiger partial charge in [-0.1, -0.05) is 18.2 Å². The average Bonchev–Trinajstić information content (AvgIpc) is 3.03. The number of carbonyl (C=O) groups excluding carboxylic acids is 1. The number of amides is 1. The lowest BCUT2D eigenvalue weighted by Crippen LogP contribution is -2.22. The fraction of sp³-hybridized carbons (Fsp3) is 0.125. The van der Waals surface area contributed by atoms with Crippen LogP contribution in [0.25, 0.3) is 11.5 Å². The summed E-state index contributed by atoms with van der Waals surface area (Å²) in [6, 6.07) is 12.7. The number of hydrogen-bond acceptors (Lipinski definition) is 5. The third kappa shape index (κ3) is 3.17. The van der Waals surface area contributed by atoms with E-state index in [0.717, 1.165) is 11.3 Å². The van der Waals surface area contributed by atoms with E-state index < -0.39 is 0 Å². The molecule has 0 saturated carbocycles. The zero-order chi connectivity index (χ0) is 15.4. The first-order valence-corrected chi connectivity index (χ1v) is 6.81. The van der Waals surface area contributed by atoms with Gasteiger partial charge in [-0.15, -0.1) is 10.2 Å². The minimum atomic E-state index is -0.183. The monoisotopic (exact) mass is 294 g/mol. The zero-order valence-corrected chi connectivity index (χ0v) is 12.0. The maximum atomic E-state index is 11.9. The van der Waals surface area contributed by atoms with Crippen LogP contribution in [0.5, 0.6) is 0 Å². The molecule has 0 aliphatic carbocycles. The highest BCUT2D eigenvalue weighted by Crippen LogP contribution is 2.16. The van der Waals surface area contributed by atoms with E-state index in [1.165, 1.54) is 0 Å². The van der Waals surface area contributed by atoms with Crippen molar-refractivity contribution in [3.8, 4) is 11.5 Å². The second-order valence-corrected chi connectivity index (χ2v) is 4.74. The molecule has 0 aliphatic heterocycles. The van der Waals surface area contributed by atoms with E-state index in [1.807, 2.05) is 37.3 Å². The third-order valence-electron chi connectivity index (χ3n) is 3.06. The molecule has 0 unspecified atom stereocenters. The van der Waals surface area contributed by atoms with E-state index in [9.17, 15) is 4.79 Å². The van der Waals surface area contributed by atoms with Gasteiger partial charge in [0.1, 0.15) is 0 Å². The summed E-state index contributed by atoms with van der Waals surface area (Å²) in [5.41, 5.74) is 2.25. The van der Waals surface area contributed by atoms with Gasteiger partial charge in [-0.05, 0) is 31.2 Å². The molecule has 2 aromatic heterocycles. The van der Waals surface area contributed by atoms with E-state index in [1.54, 1.807) is 18.3 Å². The van der Waals surface area contributed by atoms with Crippen molar-refractivity contribution < 1.29 is 9.21 Å². The normalized spacial score (nSPS) is 10.4. The molecule has 3 aromatic rings. The van der Waals surface area contributed by atoms with Crippen LogP contribution in [0.3, 0.4) is 0 Å². The van der Waals surface area contributed by atoms with Gasteiger partial charge in [0, 0.05) is 17.5 Å². The smallest absolute Gasteiger partial charge is 0.251 e. The SMILES string of the molecule is Cc1ccc(-c2nnc(CNC(=O)c3ccccc3)o2)cn1. The third-order valence-corrected chi connectivity index (χ3v) is 3.06. The summed E-state index contributed by atoms with van der Waals surface area (Å²) in [5, 5.41) is 10.6. The topological polar surface area (TPSA) is 80.9 Å². The molecule has 0 aliphatic rings. The van der Waals surface area contributed by atoms with E-state index >= 15 is 0 Å². The van der Waals surface area contributed by atoms with Crippen LogP contribution in [0.15, 0.2) is 53.1 Å². The number of carbonyl (C=O) groups is 1. The fourth-order valence-electron chi connectivity index (χ4n) is 1.88. The highest BCUT2D eigenvalue weighted by atomic mass is 16.4. The maximum Gasteiger partial charge on any atom is 0.251 e. The van der Waals surface area contributed by atoms with Crippen LogP contribution in [0.2, 0.25) is 0 Å². The molecule has 1 amide bonds. The Balaban J connectivity index is 1.65. The molecular formula is C16H14N4O2. The zero-order valence-electron chi connectivity index (χ0n) is 12.0. The number of nitrogens with zero attached hydrogens (tertiary/aromatic N) is 3. The van der Waals surface area contributed by atoms with Crippen molar-refractivity contribution in [2.24, 2.45) is 0 Å². The summed E-state index contributed by atoms with van der Waals surface area (Å²) >= 11 is 0. The molecule has 0 radical (unpaired) electrons. The molecule has 3 rings (SSSR count). The predicted octanol–water partition coefficient (Wildman–Crippen LogP) is 2.37. The van der Waals surface area contributed by atoms with Crippen molar-refractivity contribution in [2.45, 2.75) is 13.5 Å². The summed E-state index contributed by atoms with van der Waals surface area (Å²) in [6.45, 7) is 2.09. The van der Waals surface area contributed by atoms with Crippen molar-refractivity contribution >= 4 is 5.91 Å². The van der Waals surface area contributed by atoms with Gasteiger partial charge in [-0.3, -0.25) is 9.78 Å². The van der Waals surface area contributed by atoms with Crippen molar-refractivity contribution in [3.63, 3.8) is 0 Å². The van der Waals surface area contributed by atoms with Crippen LogP contribution in [-0.2, 0) is 6.54 Å². The molecular weight excluding hydrogens is 280 g/mol. The lowest BCUT2D eigenvalue weighted by molar-refractivity contribution is 0.0947. The van der Waals surface area contributed by atoms with Gasteiger partial charge in [0.05, 0.1) is 12.1 Å².